The van der Waals surface area contributed by atoms with Gasteiger partial charge in [-0.05, 0) is 31.5 Å². The molecule has 1 unspecified atom stereocenters. The molecular weight excluding hydrogens is 236 g/mol. The number of aromatic nitrogens is 3. The van der Waals surface area contributed by atoms with Crippen LogP contribution in [-0.4, -0.2) is 21.1 Å². The van der Waals surface area contributed by atoms with E-state index in [1.54, 1.807) is 0 Å². The van der Waals surface area contributed by atoms with Crippen molar-refractivity contribution in [2.75, 3.05) is 6.54 Å². The van der Waals surface area contributed by atoms with E-state index in [1.807, 2.05) is 30.9 Å². The van der Waals surface area contributed by atoms with Gasteiger partial charge in [0.1, 0.15) is 0 Å². The molecule has 0 saturated carbocycles. The number of nitrogens with one attached hydrogen (secondary N) is 1. The van der Waals surface area contributed by atoms with Crippen molar-refractivity contribution in [1.82, 2.24) is 19.9 Å². The average Bonchev–Trinajstić information content (AvgIpc) is 2.87. The molecule has 2 aromatic heterocycles. The molecule has 0 radical (unpaired) electrons. The van der Waals surface area contributed by atoms with Crippen LogP contribution in [0.25, 0.3) is 0 Å². The van der Waals surface area contributed by atoms with Gasteiger partial charge < -0.3 is 9.88 Å². The molecule has 0 aromatic carbocycles. The van der Waals surface area contributed by atoms with E-state index in [2.05, 4.69) is 46.7 Å². The van der Waals surface area contributed by atoms with Crippen molar-refractivity contribution in [3.63, 3.8) is 0 Å². The second kappa shape index (κ2) is 6.48. The molecule has 0 aliphatic carbocycles. The second-order valence-electron chi connectivity index (χ2n) is 5.25. The molecule has 19 heavy (non-hydrogen) atoms. The number of rotatable bonds is 6. The third kappa shape index (κ3) is 3.64. The van der Waals surface area contributed by atoms with E-state index in [9.17, 15) is 0 Å². The van der Waals surface area contributed by atoms with Crippen molar-refractivity contribution in [1.29, 1.82) is 0 Å². The van der Waals surface area contributed by atoms with Crippen LogP contribution in [-0.2, 0) is 6.54 Å². The second-order valence-corrected chi connectivity index (χ2v) is 5.25. The zero-order valence-electron chi connectivity index (χ0n) is 11.9. The van der Waals surface area contributed by atoms with Crippen LogP contribution in [0.3, 0.4) is 0 Å². The quantitative estimate of drug-likeness (QED) is 0.866. The van der Waals surface area contributed by atoms with Gasteiger partial charge in [-0.2, -0.15) is 0 Å². The molecule has 0 aliphatic heterocycles. The highest BCUT2D eigenvalue weighted by Gasteiger charge is 2.12. The van der Waals surface area contributed by atoms with Crippen molar-refractivity contribution in [3.8, 4) is 0 Å². The predicted octanol–water partition coefficient (Wildman–Crippen LogP) is 2.63. The largest absolute Gasteiger partial charge is 0.325 e. The lowest BCUT2D eigenvalue weighted by molar-refractivity contribution is 0.522. The Labute approximate surface area is 114 Å². The van der Waals surface area contributed by atoms with Crippen molar-refractivity contribution >= 4 is 0 Å². The molecule has 0 bridgehead atoms. The number of pyridine rings is 1. The standard InChI is InChI=1S/C15H22N4/c1-12(2)8-16-9-14-10-17-11-19(14)13(3)15-6-4-5-7-18-15/h4-7,10-13,16H,8-9H2,1-3H3. The molecule has 1 N–H and O–H groups in total. The molecule has 2 heterocycles. The van der Waals surface area contributed by atoms with Crippen LogP contribution in [0.2, 0.25) is 0 Å². The maximum atomic E-state index is 4.42. The zero-order chi connectivity index (χ0) is 13.7. The van der Waals surface area contributed by atoms with Crippen LogP contribution < -0.4 is 5.32 Å². The first-order valence-corrected chi connectivity index (χ1v) is 6.81. The molecule has 4 heteroatoms. The smallest absolute Gasteiger partial charge is 0.0954 e. The van der Waals surface area contributed by atoms with Crippen molar-refractivity contribution < 1.29 is 0 Å². The minimum absolute atomic E-state index is 0.208. The lowest BCUT2D eigenvalue weighted by Gasteiger charge is -2.16. The summed E-state index contributed by atoms with van der Waals surface area (Å²) in [4.78, 5) is 8.68. The topological polar surface area (TPSA) is 42.7 Å². The van der Waals surface area contributed by atoms with E-state index in [1.165, 1.54) is 5.69 Å². The molecule has 0 amide bonds. The highest BCUT2D eigenvalue weighted by atomic mass is 15.1. The Morgan fingerprint density at radius 1 is 1.26 bits per heavy atom. The minimum atomic E-state index is 0.208. The van der Waals surface area contributed by atoms with Gasteiger partial charge in [0.05, 0.1) is 23.8 Å². The Kier molecular flexibility index (Phi) is 4.68. The summed E-state index contributed by atoms with van der Waals surface area (Å²) < 4.78 is 2.18. The Balaban J connectivity index is 2.06. The number of imidazole rings is 1. The Hall–Kier alpha value is -1.68. The summed E-state index contributed by atoms with van der Waals surface area (Å²) >= 11 is 0. The maximum absolute atomic E-state index is 4.42. The van der Waals surface area contributed by atoms with Gasteiger partial charge in [-0.3, -0.25) is 4.98 Å². The van der Waals surface area contributed by atoms with Crippen molar-refractivity contribution in [2.45, 2.75) is 33.4 Å². The first-order chi connectivity index (χ1) is 9.18. The third-order valence-corrected chi connectivity index (χ3v) is 3.14. The molecular formula is C15H22N4. The van der Waals surface area contributed by atoms with Crippen LogP contribution in [0, 0.1) is 5.92 Å². The molecule has 0 aliphatic rings. The van der Waals surface area contributed by atoms with Crippen LogP contribution >= 0.6 is 0 Å². The molecule has 2 rings (SSSR count). The zero-order valence-corrected chi connectivity index (χ0v) is 11.9. The molecule has 4 nitrogen and oxygen atoms in total. The Morgan fingerprint density at radius 3 is 2.79 bits per heavy atom. The summed E-state index contributed by atoms with van der Waals surface area (Å²) in [6.45, 7) is 8.43. The van der Waals surface area contributed by atoms with E-state index in [4.69, 9.17) is 0 Å². The highest BCUT2D eigenvalue weighted by Crippen LogP contribution is 2.17. The summed E-state index contributed by atoms with van der Waals surface area (Å²) in [5.41, 5.74) is 2.25. The SMILES string of the molecule is CC(C)CNCc1cncn1C(C)c1ccccn1. The molecule has 0 spiro atoms. The fourth-order valence-corrected chi connectivity index (χ4v) is 2.07. The van der Waals surface area contributed by atoms with Gasteiger partial charge in [0.2, 0.25) is 0 Å². The van der Waals surface area contributed by atoms with E-state index in [0.717, 1.165) is 18.8 Å². The summed E-state index contributed by atoms with van der Waals surface area (Å²) in [5.74, 6) is 0.657. The van der Waals surface area contributed by atoms with Crippen LogP contribution in [0.4, 0.5) is 0 Å². The first-order valence-electron chi connectivity index (χ1n) is 6.81. The van der Waals surface area contributed by atoms with E-state index >= 15 is 0 Å². The van der Waals surface area contributed by atoms with Gasteiger partial charge in [0, 0.05) is 18.9 Å². The van der Waals surface area contributed by atoms with Gasteiger partial charge >= 0.3 is 0 Å². The minimum Gasteiger partial charge on any atom is -0.325 e. The number of nitrogens with zero attached hydrogens (tertiary/aromatic N) is 3. The summed E-state index contributed by atoms with van der Waals surface area (Å²) in [6.07, 6.45) is 5.64. The monoisotopic (exact) mass is 258 g/mol. The normalized spacial score (nSPS) is 12.8. The summed E-state index contributed by atoms with van der Waals surface area (Å²) in [6, 6.07) is 6.22. The van der Waals surface area contributed by atoms with E-state index in [0.29, 0.717) is 5.92 Å². The fraction of sp³-hybridized carbons (Fsp3) is 0.467. The van der Waals surface area contributed by atoms with Gasteiger partial charge in [0.25, 0.3) is 0 Å². The first kappa shape index (κ1) is 13.7. The third-order valence-electron chi connectivity index (χ3n) is 3.14. The van der Waals surface area contributed by atoms with Gasteiger partial charge in [0.15, 0.2) is 0 Å². The van der Waals surface area contributed by atoms with Crippen LogP contribution in [0.1, 0.15) is 38.2 Å². The van der Waals surface area contributed by atoms with E-state index < -0.39 is 0 Å². The number of hydrogen-bond donors (Lipinski definition) is 1. The maximum Gasteiger partial charge on any atom is 0.0954 e. The van der Waals surface area contributed by atoms with Crippen LogP contribution in [0.5, 0.6) is 0 Å². The lowest BCUT2D eigenvalue weighted by Crippen LogP contribution is -2.22. The van der Waals surface area contributed by atoms with Crippen LogP contribution in [0.15, 0.2) is 36.9 Å². The molecule has 2 aromatic rings. The van der Waals surface area contributed by atoms with E-state index in [-0.39, 0.29) is 6.04 Å². The number of hydrogen-bond acceptors (Lipinski definition) is 3. The molecule has 0 fully saturated rings. The summed E-state index contributed by atoms with van der Waals surface area (Å²) in [5, 5.41) is 3.45. The van der Waals surface area contributed by atoms with Gasteiger partial charge in [-0.1, -0.05) is 19.9 Å². The lowest BCUT2D eigenvalue weighted by atomic mass is 10.2. The molecule has 1 atom stereocenters. The molecule has 0 saturated heterocycles. The highest BCUT2D eigenvalue weighted by molar-refractivity contribution is 5.12. The predicted molar refractivity (Wildman–Crippen MR) is 76.8 cm³/mol. The Morgan fingerprint density at radius 2 is 2.11 bits per heavy atom. The average molecular weight is 258 g/mol. The Bertz CT molecular complexity index is 490. The fourth-order valence-electron chi connectivity index (χ4n) is 2.07. The summed E-state index contributed by atoms with van der Waals surface area (Å²) in [7, 11) is 0. The van der Waals surface area contributed by atoms with Gasteiger partial charge in [-0.25, -0.2) is 4.98 Å². The van der Waals surface area contributed by atoms with Crippen molar-refractivity contribution in [2.24, 2.45) is 5.92 Å². The van der Waals surface area contributed by atoms with Crippen molar-refractivity contribution in [3.05, 3.63) is 48.3 Å². The van der Waals surface area contributed by atoms with Gasteiger partial charge in [-0.15, -0.1) is 0 Å². The molecule has 102 valence electrons.